The molecule has 0 saturated carbocycles. The number of halogens is 4. The highest BCUT2D eigenvalue weighted by Gasteiger charge is 2.34. The van der Waals surface area contributed by atoms with E-state index in [1.807, 2.05) is 0 Å². The molecule has 38 heavy (non-hydrogen) atoms. The molecule has 2 aromatic carbocycles. The third-order valence-electron chi connectivity index (χ3n) is 6.86. The highest BCUT2D eigenvalue weighted by molar-refractivity contribution is 7.99. The molecule has 5 rings (SSSR count). The monoisotopic (exact) mass is 553 g/mol. The van der Waals surface area contributed by atoms with E-state index in [0.717, 1.165) is 85.5 Å². The van der Waals surface area contributed by atoms with Crippen LogP contribution in [-0.2, 0) is 20.5 Å². The van der Waals surface area contributed by atoms with Crippen LogP contribution in [0, 0.1) is 11.7 Å². The van der Waals surface area contributed by atoms with Gasteiger partial charge in [0.2, 0.25) is 0 Å². The molecule has 204 valence electrons. The Morgan fingerprint density at radius 1 is 0.947 bits per heavy atom. The van der Waals surface area contributed by atoms with E-state index in [9.17, 15) is 17.6 Å². The zero-order chi connectivity index (χ0) is 27.4. The van der Waals surface area contributed by atoms with Gasteiger partial charge in [-0.1, -0.05) is 23.4 Å². The van der Waals surface area contributed by atoms with E-state index in [4.69, 9.17) is 24.5 Å². The lowest BCUT2D eigenvalue weighted by Gasteiger charge is -2.35. The standard InChI is InChI=1S/C25H25F4NOS.C2H2O4/c26-19-2-3-20-23(14-19)32-22-4-1-18(25(27,28)29)13-21(22)24(20)17-5-9-30(10-6-17)15-16-7-11-31-12-8-16;3-1(4)2(5)6/h1-4,13-14,16H,5-12,15H2;(H,3,4)(H,5,6). The number of carbonyl (C=O) groups is 2. The van der Waals surface area contributed by atoms with Gasteiger partial charge in [-0.05, 0) is 78.6 Å². The van der Waals surface area contributed by atoms with Crippen molar-refractivity contribution in [3.63, 3.8) is 0 Å². The second-order valence-corrected chi connectivity index (χ2v) is 10.5. The number of carboxylic acid groups (broad SMARTS) is 2. The van der Waals surface area contributed by atoms with E-state index in [1.165, 1.54) is 41.6 Å². The second-order valence-electron chi connectivity index (χ2n) is 9.40. The van der Waals surface area contributed by atoms with E-state index in [1.54, 1.807) is 6.07 Å². The van der Waals surface area contributed by atoms with Crippen molar-refractivity contribution >= 4 is 29.3 Å². The molecule has 0 amide bonds. The van der Waals surface area contributed by atoms with Gasteiger partial charge in [-0.3, -0.25) is 0 Å². The lowest BCUT2D eigenvalue weighted by atomic mass is 9.87. The van der Waals surface area contributed by atoms with Crippen LogP contribution in [-0.4, -0.2) is 59.9 Å². The minimum Gasteiger partial charge on any atom is -0.473 e. The maximum atomic E-state index is 13.9. The molecule has 0 radical (unpaired) electrons. The number of aliphatic carboxylic acids is 2. The van der Waals surface area contributed by atoms with Gasteiger partial charge in [0.15, 0.2) is 0 Å². The van der Waals surface area contributed by atoms with Crippen molar-refractivity contribution < 1.29 is 42.1 Å². The summed E-state index contributed by atoms with van der Waals surface area (Å²) in [6, 6.07) is 8.52. The number of carboxylic acids is 2. The van der Waals surface area contributed by atoms with Crippen LogP contribution in [0.15, 0.2) is 51.8 Å². The van der Waals surface area contributed by atoms with E-state index in [0.29, 0.717) is 11.5 Å². The zero-order valence-electron chi connectivity index (χ0n) is 20.4. The van der Waals surface area contributed by atoms with Crippen molar-refractivity contribution in [1.82, 2.24) is 4.90 Å². The Morgan fingerprint density at radius 3 is 2.21 bits per heavy atom. The van der Waals surface area contributed by atoms with Crippen LogP contribution in [0.25, 0.3) is 5.57 Å². The molecule has 0 bridgehead atoms. The number of hydrogen-bond acceptors (Lipinski definition) is 5. The summed E-state index contributed by atoms with van der Waals surface area (Å²) in [5.41, 5.74) is 2.86. The quantitative estimate of drug-likeness (QED) is 0.307. The SMILES string of the molecule is Fc1ccc2c(c1)Sc1ccc(C(F)(F)F)cc1C2=C1CCN(CC2CCOCC2)CC1.O=C(O)C(=O)O. The van der Waals surface area contributed by atoms with Gasteiger partial charge in [0, 0.05) is 42.6 Å². The molecule has 3 aliphatic heterocycles. The van der Waals surface area contributed by atoms with Crippen LogP contribution in [0.4, 0.5) is 17.6 Å². The van der Waals surface area contributed by atoms with Crippen molar-refractivity contribution in [3.05, 3.63) is 64.5 Å². The van der Waals surface area contributed by atoms with Gasteiger partial charge in [-0.15, -0.1) is 0 Å². The number of ether oxygens (including phenoxy) is 1. The summed E-state index contributed by atoms with van der Waals surface area (Å²) in [6.07, 6.45) is -0.584. The van der Waals surface area contributed by atoms with E-state index in [-0.39, 0.29) is 5.82 Å². The van der Waals surface area contributed by atoms with Crippen molar-refractivity contribution in [2.24, 2.45) is 5.92 Å². The minimum absolute atomic E-state index is 0.331. The van der Waals surface area contributed by atoms with Gasteiger partial charge in [-0.2, -0.15) is 13.2 Å². The molecule has 0 atom stereocenters. The van der Waals surface area contributed by atoms with Crippen LogP contribution >= 0.6 is 11.8 Å². The number of benzene rings is 2. The first-order chi connectivity index (χ1) is 18.0. The minimum atomic E-state index is -4.40. The summed E-state index contributed by atoms with van der Waals surface area (Å²) in [4.78, 5) is 22.2. The van der Waals surface area contributed by atoms with Crippen molar-refractivity contribution in [2.75, 3.05) is 32.8 Å². The Morgan fingerprint density at radius 2 is 1.61 bits per heavy atom. The van der Waals surface area contributed by atoms with Crippen molar-refractivity contribution in [1.29, 1.82) is 0 Å². The number of piperidine rings is 1. The third-order valence-corrected chi connectivity index (χ3v) is 8.00. The highest BCUT2D eigenvalue weighted by atomic mass is 32.2. The Bertz CT molecular complexity index is 1220. The lowest BCUT2D eigenvalue weighted by molar-refractivity contribution is -0.159. The number of hydrogen-bond donors (Lipinski definition) is 2. The fourth-order valence-electron chi connectivity index (χ4n) is 4.97. The molecule has 2 aromatic rings. The van der Waals surface area contributed by atoms with Gasteiger partial charge < -0.3 is 19.8 Å². The van der Waals surface area contributed by atoms with Crippen LogP contribution in [0.5, 0.6) is 0 Å². The average Bonchev–Trinajstić information content (AvgIpc) is 2.88. The summed E-state index contributed by atoms with van der Waals surface area (Å²) in [5.74, 6) is -3.32. The highest BCUT2D eigenvalue weighted by Crippen LogP contribution is 2.49. The van der Waals surface area contributed by atoms with Crippen molar-refractivity contribution in [2.45, 2.75) is 41.7 Å². The summed E-state index contributed by atoms with van der Waals surface area (Å²) in [6.45, 7) is 4.51. The zero-order valence-corrected chi connectivity index (χ0v) is 21.2. The number of fused-ring (bicyclic) bond motifs is 2. The number of alkyl halides is 3. The summed E-state index contributed by atoms with van der Waals surface area (Å²) in [5, 5.41) is 14.8. The predicted octanol–water partition coefficient (Wildman–Crippen LogP) is 5.79. The first-order valence-corrected chi connectivity index (χ1v) is 13.0. The molecule has 0 spiro atoms. The molecule has 2 fully saturated rings. The second kappa shape index (κ2) is 11.9. The third kappa shape index (κ3) is 6.75. The molecular weight excluding hydrogens is 526 g/mol. The van der Waals surface area contributed by atoms with Gasteiger partial charge in [0.05, 0.1) is 5.56 Å². The molecule has 3 heterocycles. The Labute approximate surface area is 221 Å². The molecule has 2 saturated heterocycles. The molecule has 0 aliphatic carbocycles. The maximum Gasteiger partial charge on any atom is 0.416 e. The van der Waals surface area contributed by atoms with Gasteiger partial charge in [0.1, 0.15) is 5.82 Å². The number of nitrogens with zero attached hydrogens (tertiary/aromatic N) is 1. The van der Waals surface area contributed by atoms with Crippen LogP contribution in [0.2, 0.25) is 0 Å². The first kappa shape index (κ1) is 28.1. The number of likely N-dealkylation sites (tertiary alicyclic amines) is 1. The Kier molecular flexibility index (Phi) is 8.79. The first-order valence-electron chi connectivity index (χ1n) is 12.2. The van der Waals surface area contributed by atoms with Gasteiger partial charge >= 0.3 is 18.1 Å². The molecular formula is C27H27F4NO5S. The summed E-state index contributed by atoms with van der Waals surface area (Å²) >= 11 is 1.34. The summed E-state index contributed by atoms with van der Waals surface area (Å²) in [7, 11) is 0. The topological polar surface area (TPSA) is 87.1 Å². The molecule has 0 unspecified atom stereocenters. The Hall–Kier alpha value is -2.89. The fraction of sp³-hybridized carbons (Fsp3) is 0.407. The maximum absolute atomic E-state index is 13.9. The van der Waals surface area contributed by atoms with Crippen molar-refractivity contribution in [3.8, 4) is 0 Å². The smallest absolute Gasteiger partial charge is 0.416 e. The average molecular weight is 554 g/mol. The van der Waals surface area contributed by atoms with Gasteiger partial charge in [0.25, 0.3) is 0 Å². The normalized spacial score (nSPS) is 18.2. The molecule has 0 aromatic heterocycles. The van der Waals surface area contributed by atoms with Crippen LogP contribution < -0.4 is 0 Å². The fourth-order valence-corrected chi connectivity index (χ4v) is 6.07. The summed E-state index contributed by atoms with van der Waals surface area (Å²) < 4.78 is 59.8. The molecule has 3 aliphatic rings. The largest absolute Gasteiger partial charge is 0.473 e. The number of rotatable bonds is 2. The van der Waals surface area contributed by atoms with E-state index < -0.39 is 23.7 Å². The Balaban J connectivity index is 0.000000505. The van der Waals surface area contributed by atoms with E-state index >= 15 is 0 Å². The predicted molar refractivity (Wildman–Crippen MR) is 132 cm³/mol. The molecule has 6 nitrogen and oxygen atoms in total. The molecule has 2 N–H and O–H groups in total. The molecule has 11 heteroatoms. The van der Waals surface area contributed by atoms with E-state index in [2.05, 4.69) is 4.90 Å². The van der Waals surface area contributed by atoms with Crippen LogP contribution in [0.3, 0.4) is 0 Å². The van der Waals surface area contributed by atoms with Crippen LogP contribution in [0.1, 0.15) is 42.4 Å². The lowest BCUT2D eigenvalue weighted by Crippen LogP contribution is -2.37. The van der Waals surface area contributed by atoms with Gasteiger partial charge in [-0.25, -0.2) is 14.0 Å².